The highest BCUT2D eigenvalue weighted by Gasteiger charge is 2.15. The van der Waals surface area contributed by atoms with Gasteiger partial charge in [0.15, 0.2) is 11.5 Å². The summed E-state index contributed by atoms with van der Waals surface area (Å²) in [6, 6.07) is 4.51. The molecule has 0 saturated heterocycles. The minimum atomic E-state index is 0.502. The van der Waals surface area contributed by atoms with Gasteiger partial charge in [-0.05, 0) is 43.4 Å². The Morgan fingerprint density at radius 1 is 1.14 bits per heavy atom. The van der Waals surface area contributed by atoms with Crippen LogP contribution in [0.3, 0.4) is 0 Å². The van der Waals surface area contributed by atoms with Crippen LogP contribution in [-0.2, 0) is 6.54 Å². The number of halogens is 1. The first-order chi connectivity index (χ1) is 10.1. The van der Waals surface area contributed by atoms with Gasteiger partial charge in [0, 0.05) is 19.0 Å². The van der Waals surface area contributed by atoms with Crippen LogP contribution in [0.15, 0.2) is 12.1 Å². The molecule has 118 valence electrons. The smallest absolute Gasteiger partial charge is 0.179 e. The summed E-state index contributed by atoms with van der Waals surface area (Å²) in [5.74, 6) is 2.21. The first kappa shape index (κ1) is 16.4. The number of hydrogen-bond donors (Lipinski definition) is 1. The third-order valence-electron chi connectivity index (χ3n) is 3.69. The maximum Gasteiger partial charge on any atom is 0.179 e. The van der Waals surface area contributed by atoms with Crippen LogP contribution in [0.5, 0.6) is 11.5 Å². The summed E-state index contributed by atoms with van der Waals surface area (Å²) in [5, 5.41) is 4.19. The lowest BCUT2D eigenvalue weighted by atomic mass is 10.0. The lowest BCUT2D eigenvalue weighted by molar-refractivity contribution is 0.297. The number of hydrogen-bond acceptors (Lipinski definition) is 3. The van der Waals surface area contributed by atoms with Crippen molar-refractivity contribution in [3.8, 4) is 11.5 Å². The average molecular weight is 312 g/mol. The Bertz CT molecular complexity index is 462. The molecule has 1 aliphatic heterocycles. The van der Waals surface area contributed by atoms with Crippen molar-refractivity contribution in [1.82, 2.24) is 5.32 Å². The van der Waals surface area contributed by atoms with Gasteiger partial charge < -0.3 is 14.8 Å². The van der Waals surface area contributed by atoms with E-state index in [2.05, 4.69) is 26.1 Å². The third-order valence-corrected chi connectivity index (χ3v) is 3.97. The van der Waals surface area contributed by atoms with Crippen LogP contribution >= 0.6 is 11.6 Å². The van der Waals surface area contributed by atoms with E-state index in [-0.39, 0.29) is 0 Å². The zero-order valence-electron chi connectivity index (χ0n) is 13.2. The third kappa shape index (κ3) is 5.08. The summed E-state index contributed by atoms with van der Waals surface area (Å²) in [6.07, 6.45) is 3.33. The monoisotopic (exact) mass is 311 g/mol. The van der Waals surface area contributed by atoms with Gasteiger partial charge in [0.1, 0.15) is 0 Å². The molecule has 0 bridgehead atoms. The van der Waals surface area contributed by atoms with Crippen LogP contribution in [0, 0.1) is 5.92 Å². The molecule has 21 heavy (non-hydrogen) atoms. The van der Waals surface area contributed by atoms with Crippen molar-refractivity contribution < 1.29 is 9.47 Å². The molecular weight excluding hydrogens is 286 g/mol. The van der Waals surface area contributed by atoms with Crippen LogP contribution in [0.2, 0.25) is 5.02 Å². The predicted octanol–water partition coefficient (Wildman–Crippen LogP) is 4.42. The molecule has 4 heteroatoms. The highest BCUT2D eigenvalue weighted by Crippen LogP contribution is 2.37. The summed E-state index contributed by atoms with van der Waals surface area (Å²) < 4.78 is 11.4. The molecule has 0 aliphatic carbocycles. The van der Waals surface area contributed by atoms with Crippen molar-refractivity contribution in [2.45, 2.75) is 52.6 Å². The van der Waals surface area contributed by atoms with E-state index in [0.717, 1.165) is 30.2 Å². The SMILES string of the molecule is CC(C)CCC(C)NCc1cc(Cl)c2c(c1)OCCCO2. The van der Waals surface area contributed by atoms with Crippen LogP contribution in [0.1, 0.15) is 45.6 Å². The van der Waals surface area contributed by atoms with Crippen LogP contribution in [0.4, 0.5) is 0 Å². The standard InChI is InChI=1S/C17H26ClNO2/c1-12(2)5-6-13(3)19-11-14-9-15(18)17-16(10-14)20-7-4-8-21-17/h9-10,12-13,19H,4-8,11H2,1-3H3. The Balaban J connectivity index is 1.95. The number of fused-ring (bicyclic) bond motifs is 1. The van der Waals surface area contributed by atoms with E-state index >= 15 is 0 Å². The molecule has 0 spiro atoms. The van der Waals surface area contributed by atoms with Gasteiger partial charge in [-0.3, -0.25) is 0 Å². The second-order valence-corrected chi connectivity index (χ2v) is 6.62. The summed E-state index contributed by atoms with van der Waals surface area (Å²) in [5.41, 5.74) is 1.14. The van der Waals surface area contributed by atoms with Crippen molar-refractivity contribution in [2.75, 3.05) is 13.2 Å². The van der Waals surface area contributed by atoms with Gasteiger partial charge in [-0.25, -0.2) is 0 Å². The first-order valence-corrected chi connectivity index (χ1v) is 8.25. The fraction of sp³-hybridized carbons (Fsp3) is 0.647. The van der Waals surface area contributed by atoms with Crippen molar-refractivity contribution >= 4 is 11.6 Å². The maximum absolute atomic E-state index is 6.31. The highest BCUT2D eigenvalue weighted by atomic mass is 35.5. The number of ether oxygens (including phenoxy) is 2. The minimum absolute atomic E-state index is 0.502. The number of rotatable bonds is 6. The van der Waals surface area contributed by atoms with E-state index in [1.165, 1.54) is 12.8 Å². The number of nitrogens with one attached hydrogen (secondary N) is 1. The van der Waals surface area contributed by atoms with Gasteiger partial charge in [0.25, 0.3) is 0 Å². The largest absolute Gasteiger partial charge is 0.489 e. The lowest BCUT2D eigenvalue weighted by Gasteiger charge is -2.16. The van der Waals surface area contributed by atoms with E-state index in [4.69, 9.17) is 21.1 Å². The average Bonchev–Trinajstić information content (AvgIpc) is 2.68. The van der Waals surface area contributed by atoms with Gasteiger partial charge in [0.05, 0.1) is 18.2 Å². The predicted molar refractivity (Wildman–Crippen MR) is 87.4 cm³/mol. The van der Waals surface area contributed by atoms with E-state index < -0.39 is 0 Å². The molecule has 1 heterocycles. The minimum Gasteiger partial charge on any atom is -0.489 e. The molecule has 1 aromatic rings. The highest BCUT2D eigenvalue weighted by molar-refractivity contribution is 6.32. The molecular formula is C17H26ClNO2. The Morgan fingerprint density at radius 2 is 1.90 bits per heavy atom. The molecule has 0 aromatic heterocycles. The van der Waals surface area contributed by atoms with Gasteiger partial charge in [-0.15, -0.1) is 0 Å². The van der Waals surface area contributed by atoms with Crippen LogP contribution < -0.4 is 14.8 Å². The number of benzene rings is 1. The topological polar surface area (TPSA) is 30.5 Å². The molecule has 0 fully saturated rings. The fourth-order valence-corrected chi connectivity index (χ4v) is 2.65. The molecule has 1 aromatic carbocycles. The summed E-state index contributed by atoms with van der Waals surface area (Å²) in [6.45, 7) is 8.90. The van der Waals surface area contributed by atoms with Gasteiger partial charge in [0.2, 0.25) is 0 Å². The molecule has 1 N–H and O–H groups in total. The summed E-state index contributed by atoms with van der Waals surface area (Å²) >= 11 is 6.31. The molecule has 0 radical (unpaired) electrons. The van der Waals surface area contributed by atoms with Crippen molar-refractivity contribution in [2.24, 2.45) is 5.92 Å². The summed E-state index contributed by atoms with van der Waals surface area (Å²) in [4.78, 5) is 0. The Labute approximate surface area is 133 Å². The Kier molecular flexibility index (Phi) is 6.19. The Hall–Kier alpha value is -0.930. The lowest BCUT2D eigenvalue weighted by Crippen LogP contribution is -2.25. The normalized spacial score (nSPS) is 15.9. The second kappa shape index (κ2) is 7.90. The molecule has 0 saturated carbocycles. The van der Waals surface area contributed by atoms with Crippen molar-refractivity contribution in [3.63, 3.8) is 0 Å². The Morgan fingerprint density at radius 3 is 2.67 bits per heavy atom. The summed E-state index contributed by atoms with van der Waals surface area (Å²) in [7, 11) is 0. The zero-order valence-corrected chi connectivity index (χ0v) is 14.0. The van der Waals surface area contributed by atoms with Crippen LogP contribution in [-0.4, -0.2) is 19.3 Å². The van der Waals surface area contributed by atoms with E-state index in [0.29, 0.717) is 30.0 Å². The van der Waals surface area contributed by atoms with E-state index in [1.807, 2.05) is 12.1 Å². The van der Waals surface area contributed by atoms with Crippen LogP contribution in [0.25, 0.3) is 0 Å². The van der Waals surface area contributed by atoms with E-state index in [1.54, 1.807) is 0 Å². The fourth-order valence-electron chi connectivity index (χ4n) is 2.36. The van der Waals surface area contributed by atoms with Gasteiger partial charge >= 0.3 is 0 Å². The van der Waals surface area contributed by atoms with Gasteiger partial charge in [-0.1, -0.05) is 25.4 Å². The first-order valence-electron chi connectivity index (χ1n) is 7.87. The zero-order chi connectivity index (χ0) is 15.2. The molecule has 1 atom stereocenters. The van der Waals surface area contributed by atoms with Crippen molar-refractivity contribution in [3.05, 3.63) is 22.7 Å². The van der Waals surface area contributed by atoms with E-state index in [9.17, 15) is 0 Å². The molecule has 0 amide bonds. The molecule has 3 nitrogen and oxygen atoms in total. The molecule has 2 rings (SSSR count). The van der Waals surface area contributed by atoms with Gasteiger partial charge in [-0.2, -0.15) is 0 Å². The molecule has 1 unspecified atom stereocenters. The van der Waals surface area contributed by atoms with Crippen molar-refractivity contribution in [1.29, 1.82) is 0 Å². The second-order valence-electron chi connectivity index (χ2n) is 6.21. The molecule has 1 aliphatic rings. The maximum atomic E-state index is 6.31. The quantitative estimate of drug-likeness (QED) is 0.844.